The molecule has 0 aliphatic heterocycles. The molecule has 0 aromatic heterocycles. The van der Waals surface area contributed by atoms with Crippen molar-refractivity contribution in [2.75, 3.05) is 54.4 Å². The molecule has 0 saturated carbocycles. The van der Waals surface area contributed by atoms with Gasteiger partial charge in [0.15, 0.2) is 0 Å². The van der Waals surface area contributed by atoms with E-state index >= 15 is 0 Å². The topological polar surface area (TPSA) is 0 Å². The molecule has 0 atom stereocenters. The average molecular weight is 234 g/mol. The fourth-order valence-corrected chi connectivity index (χ4v) is 0.987. The van der Waals surface area contributed by atoms with Crippen LogP contribution >= 0.6 is 0 Å². The fourth-order valence-electron chi connectivity index (χ4n) is 0.987. The van der Waals surface area contributed by atoms with E-state index in [1.54, 1.807) is 0 Å². The van der Waals surface area contributed by atoms with Crippen molar-refractivity contribution in [1.82, 2.24) is 0 Å². The normalized spacial score (nSPS) is 11.2. The van der Waals surface area contributed by atoms with Crippen LogP contribution in [0.5, 0.6) is 0 Å². The summed E-state index contributed by atoms with van der Waals surface area (Å²) >= 11 is 0. The highest BCUT2D eigenvalue weighted by molar-refractivity contribution is 4.25. The van der Waals surface area contributed by atoms with Gasteiger partial charge in [0.05, 0.1) is 54.4 Å². The molecule has 0 unspecified atom stereocenters. The predicted molar refractivity (Wildman–Crippen MR) is 77.7 cm³/mol. The highest BCUT2D eigenvalue weighted by atomic mass is 15.3. The lowest BCUT2D eigenvalue weighted by atomic mass is 10.4. The standard InChI is InChI=1S/C7H18N.C6H16N.CH4/c1-5-7-8(3,4)6-2;1-5-7(3,4)6-2;/h5-7H2,1-4H3;5-6H2,1-4H3;1H4/q2*+1;. The van der Waals surface area contributed by atoms with Crippen LogP contribution in [0.25, 0.3) is 0 Å². The van der Waals surface area contributed by atoms with Gasteiger partial charge in [-0.1, -0.05) is 14.4 Å². The number of hydrogen-bond acceptors (Lipinski definition) is 0. The predicted octanol–water partition coefficient (Wildman–Crippen LogP) is 3.23. The maximum atomic E-state index is 2.27. The lowest BCUT2D eigenvalue weighted by Gasteiger charge is -2.27. The minimum Gasteiger partial charge on any atom is -0.329 e. The summed E-state index contributed by atoms with van der Waals surface area (Å²) in [5, 5.41) is 0. The Morgan fingerprint density at radius 1 is 0.625 bits per heavy atom. The molecule has 2 nitrogen and oxygen atoms in total. The molecular weight excluding hydrogens is 196 g/mol. The summed E-state index contributed by atoms with van der Waals surface area (Å²) in [4.78, 5) is 0. The molecule has 0 aromatic rings. The van der Waals surface area contributed by atoms with Crippen molar-refractivity contribution in [3.05, 3.63) is 0 Å². The Kier molecular flexibility index (Phi) is 13.4. The van der Waals surface area contributed by atoms with Gasteiger partial charge in [0.25, 0.3) is 0 Å². The van der Waals surface area contributed by atoms with Gasteiger partial charge in [-0.25, -0.2) is 0 Å². The minimum atomic E-state index is 0. The largest absolute Gasteiger partial charge is 0.329 e. The number of hydrogen-bond donors (Lipinski definition) is 0. The van der Waals surface area contributed by atoms with Gasteiger partial charge in [-0.2, -0.15) is 0 Å². The summed E-state index contributed by atoms with van der Waals surface area (Å²) in [7, 11) is 9.01. The monoisotopic (exact) mass is 234 g/mol. The van der Waals surface area contributed by atoms with Crippen molar-refractivity contribution in [1.29, 1.82) is 0 Å². The van der Waals surface area contributed by atoms with Crippen LogP contribution in [0, 0.1) is 0 Å². The summed E-state index contributed by atoms with van der Waals surface area (Å²) in [6.07, 6.45) is 1.29. The third-order valence-corrected chi connectivity index (χ3v) is 3.40. The first kappa shape index (κ1) is 21.2. The lowest BCUT2D eigenvalue weighted by Crippen LogP contribution is -2.39. The third kappa shape index (κ3) is 13.9. The van der Waals surface area contributed by atoms with Crippen molar-refractivity contribution >= 4 is 0 Å². The molecule has 0 N–H and O–H groups in total. The van der Waals surface area contributed by atoms with Gasteiger partial charge in [0, 0.05) is 0 Å². The maximum Gasteiger partial charge on any atom is 0.0779 e. The minimum absolute atomic E-state index is 0. The zero-order valence-electron chi connectivity index (χ0n) is 12.4. The van der Waals surface area contributed by atoms with Crippen molar-refractivity contribution < 1.29 is 8.97 Å². The number of quaternary nitrogens is 2. The van der Waals surface area contributed by atoms with Gasteiger partial charge in [-0.05, 0) is 27.2 Å². The zero-order chi connectivity index (χ0) is 12.5. The van der Waals surface area contributed by atoms with Crippen molar-refractivity contribution in [3.63, 3.8) is 0 Å². The maximum absolute atomic E-state index is 2.27. The second-order valence-electron chi connectivity index (χ2n) is 5.54. The van der Waals surface area contributed by atoms with Crippen molar-refractivity contribution in [2.24, 2.45) is 0 Å². The fraction of sp³-hybridized carbons (Fsp3) is 1.00. The molecule has 0 spiro atoms. The Labute approximate surface area is 105 Å². The van der Waals surface area contributed by atoms with Gasteiger partial charge in [0.1, 0.15) is 0 Å². The molecule has 0 heterocycles. The van der Waals surface area contributed by atoms with Crippen LogP contribution in [0.15, 0.2) is 0 Å². The summed E-state index contributed by atoms with van der Waals surface area (Å²) in [5.74, 6) is 0. The van der Waals surface area contributed by atoms with Crippen LogP contribution in [-0.2, 0) is 0 Å². The SMILES string of the molecule is C.CCC[N+](C)(C)CC.CC[N+](C)(C)CC. The molecule has 0 saturated heterocycles. The van der Waals surface area contributed by atoms with E-state index in [2.05, 4.69) is 55.9 Å². The molecule has 0 aliphatic rings. The van der Waals surface area contributed by atoms with Crippen LogP contribution in [0.1, 0.15) is 41.5 Å². The highest BCUT2D eigenvalue weighted by Crippen LogP contribution is 1.96. The van der Waals surface area contributed by atoms with Crippen LogP contribution in [0.4, 0.5) is 0 Å². The third-order valence-electron chi connectivity index (χ3n) is 3.40. The van der Waals surface area contributed by atoms with E-state index in [-0.39, 0.29) is 7.43 Å². The molecule has 2 heteroatoms. The average Bonchev–Trinajstić information content (AvgIpc) is 2.19. The smallest absolute Gasteiger partial charge is 0.0779 e. The summed E-state index contributed by atoms with van der Waals surface area (Å²) in [5.41, 5.74) is 0. The molecule has 0 aliphatic carbocycles. The van der Waals surface area contributed by atoms with E-state index in [4.69, 9.17) is 0 Å². The molecule has 0 amide bonds. The Balaban J connectivity index is -0.000000200. The Hall–Kier alpha value is -0.0800. The molecule has 0 aromatic carbocycles. The van der Waals surface area contributed by atoms with Gasteiger partial charge in [0.2, 0.25) is 0 Å². The van der Waals surface area contributed by atoms with E-state index in [1.807, 2.05) is 0 Å². The molecule has 102 valence electrons. The van der Waals surface area contributed by atoms with Crippen LogP contribution in [-0.4, -0.2) is 63.3 Å². The molecule has 0 bridgehead atoms. The van der Waals surface area contributed by atoms with Gasteiger partial charge in [-0.15, -0.1) is 0 Å². The second-order valence-corrected chi connectivity index (χ2v) is 5.54. The number of nitrogens with zero attached hydrogens (tertiary/aromatic N) is 2. The summed E-state index contributed by atoms with van der Waals surface area (Å²) < 4.78 is 2.30. The van der Waals surface area contributed by atoms with E-state index in [0.717, 1.165) is 8.97 Å². The van der Waals surface area contributed by atoms with Crippen LogP contribution in [0.3, 0.4) is 0 Å². The Morgan fingerprint density at radius 2 is 0.938 bits per heavy atom. The highest BCUT2D eigenvalue weighted by Gasteiger charge is 2.07. The quantitative estimate of drug-likeness (QED) is 0.641. The van der Waals surface area contributed by atoms with Crippen LogP contribution in [0.2, 0.25) is 0 Å². The van der Waals surface area contributed by atoms with Crippen molar-refractivity contribution in [2.45, 2.75) is 41.5 Å². The number of rotatable bonds is 5. The van der Waals surface area contributed by atoms with E-state index in [9.17, 15) is 0 Å². The van der Waals surface area contributed by atoms with E-state index < -0.39 is 0 Å². The molecule has 0 radical (unpaired) electrons. The zero-order valence-corrected chi connectivity index (χ0v) is 12.4. The van der Waals surface area contributed by atoms with Gasteiger partial charge >= 0.3 is 0 Å². The first-order valence-corrected chi connectivity index (χ1v) is 6.38. The van der Waals surface area contributed by atoms with Gasteiger partial charge in [-0.3, -0.25) is 0 Å². The molecular formula is C14H38N2+2. The summed E-state index contributed by atoms with van der Waals surface area (Å²) in [6, 6.07) is 0. The summed E-state index contributed by atoms with van der Waals surface area (Å²) in [6.45, 7) is 13.9. The first-order chi connectivity index (χ1) is 6.74. The van der Waals surface area contributed by atoms with E-state index in [0.29, 0.717) is 0 Å². The molecule has 0 fully saturated rings. The van der Waals surface area contributed by atoms with Crippen LogP contribution < -0.4 is 0 Å². The van der Waals surface area contributed by atoms with Gasteiger partial charge < -0.3 is 8.97 Å². The Morgan fingerprint density at radius 3 is 1.00 bits per heavy atom. The lowest BCUT2D eigenvalue weighted by molar-refractivity contribution is -0.888. The second kappa shape index (κ2) is 10.1. The molecule has 0 rings (SSSR count). The van der Waals surface area contributed by atoms with Crippen molar-refractivity contribution in [3.8, 4) is 0 Å². The Bertz CT molecular complexity index is 134. The first-order valence-electron chi connectivity index (χ1n) is 6.38. The molecule has 16 heavy (non-hydrogen) atoms. The van der Waals surface area contributed by atoms with E-state index in [1.165, 1.54) is 32.6 Å².